The van der Waals surface area contributed by atoms with E-state index in [9.17, 15) is 22.8 Å². The molecule has 4 N–H and O–H groups in total. The molecule has 0 spiro atoms. The van der Waals surface area contributed by atoms with Gasteiger partial charge in [0.05, 0.1) is 11.3 Å². The SMILES string of the molecule is CCN(C)S(=O)(=O)Nc1ccc(F)c(C(=O)c2c[nH]c3ncc(-c4cnc(N5CCC(N6CCC(c7ccc(NC8CCC(=O)NC8=O)cc7)CC6)CC5)nc4)cc23)c1F. The molecule has 6 heterocycles. The summed E-state index contributed by atoms with van der Waals surface area (Å²) >= 11 is 0. The molecule has 5 aromatic rings. The van der Waals surface area contributed by atoms with E-state index < -0.39 is 44.9 Å². The molecule has 2 amide bonds. The van der Waals surface area contributed by atoms with Crippen molar-refractivity contribution in [3.63, 3.8) is 0 Å². The molecule has 1 atom stereocenters. The van der Waals surface area contributed by atoms with Crippen molar-refractivity contribution in [3.05, 3.63) is 95.6 Å². The Labute approximate surface area is 346 Å². The van der Waals surface area contributed by atoms with Crippen molar-refractivity contribution in [1.29, 1.82) is 0 Å². The first kappa shape index (κ1) is 40.9. The van der Waals surface area contributed by atoms with E-state index in [1.807, 2.05) is 12.1 Å². The number of fused-ring (bicyclic) bond motifs is 1. The quantitative estimate of drug-likeness (QED) is 0.0956. The number of ketones is 1. The number of halogens is 2. The van der Waals surface area contributed by atoms with Crippen LogP contribution in [0.3, 0.4) is 0 Å². The summed E-state index contributed by atoms with van der Waals surface area (Å²) in [5, 5.41) is 5.96. The van der Waals surface area contributed by atoms with Gasteiger partial charge in [0, 0.05) is 91.7 Å². The van der Waals surface area contributed by atoms with Gasteiger partial charge in [0.15, 0.2) is 5.82 Å². The highest BCUT2D eigenvalue weighted by Crippen LogP contribution is 2.33. The lowest BCUT2D eigenvalue weighted by Gasteiger charge is -2.42. The predicted octanol–water partition coefficient (Wildman–Crippen LogP) is 5.20. The molecule has 1 unspecified atom stereocenters. The molecule has 0 saturated carbocycles. The summed E-state index contributed by atoms with van der Waals surface area (Å²) < 4.78 is 58.7. The fraction of sp³-hybridized carbons (Fsp3) is 0.381. The number of amides is 2. The Morgan fingerprint density at radius 1 is 0.917 bits per heavy atom. The molecule has 0 bridgehead atoms. The number of hydrogen-bond donors (Lipinski definition) is 4. The van der Waals surface area contributed by atoms with Gasteiger partial charge in [-0.25, -0.2) is 23.7 Å². The lowest BCUT2D eigenvalue weighted by atomic mass is 9.88. The largest absolute Gasteiger partial charge is 0.374 e. The van der Waals surface area contributed by atoms with Gasteiger partial charge >= 0.3 is 10.2 Å². The van der Waals surface area contributed by atoms with Crippen LogP contribution in [0.2, 0.25) is 0 Å². The first-order valence-electron chi connectivity index (χ1n) is 20.1. The molecule has 3 saturated heterocycles. The van der Waals surface area contributed by atoms with E-state index in [-0.39, 0.29) is 23.9 Å². The predicted molar refractivity (Wildman–Crippen MR) is 223 cm³/mol. The molecule has 60 heavy (non-hydrogen) atoms. The Morgan fingerprint density at radius 2 is 1.62 bits per heavy atom. The molecule has 2 aromatic carbocycles. The van der Waals surface area contributed by atoms with Crippen LogP contribution in [0.4, 0.5) is 26.1 Å². The van der Waals surface area contributed by atoms with Gasteiger partial charge in [-0.2, -0.15) is 12.7 Å². The van der Waals surface area contributed by atoms with E-state index in [0.717, 1.165) is 74.0 Å². The minimum absolute atomic E-state index is 0.0392. The maximum Gasteiger partial charge on any atom is 0.301 e. The van der Waals surface area contributed by atoms with E-state index >= 15 is 8.78 Å². The van der Waals surface area contributed by atoms with Gasteiger partial charge in [0.1, 0.15) is 17.5 Å². The molecule has 3 fully saturated rings. The van der Waals surface area contributed by atoms with E-state index in [1.165, 1.54) is 18.8 Å². The number of carbonyl (C=O) groups is 3. The van der Waals surface area contributed by atoms with Crippen LogP contribution in [-0.4, -0.2) is 107 Å². The van der Waals surface area contributed by atoms with E-state index in [2.05, 4.69) is 57.2 Å². The van der Waals surface area contributed by atoms with Gasteiger partial charge in [-0.3, -0.25) is 24.4 Å². The number of anilines is 3. The van der Waals surface area contributed by atoms with Gasteiger partial charge in [-0.15, -0.1) is 0 Å². The van der Waals surface area contributed by atoms with Crippen molar-refractivity contribution in [2.45, 2.75) is 63.5 Å². The Kier molecular flexibility index (Phi) is 11.6. The van der Waals surface area contributed by atoms with Crippen LogP contribution in [-0.2, 0) is 19.8 Å². The molecule has 0 aliphatic carbocycles. The number of aromatic nitrogens is 4. The van der Waals surface area contributed by atoms with Gasteiger partial charge in [-0.05, 0) is 87.0 Å². The highest BCUT2D eigenvalue weighted by molar-refractivity contribution is 7.90. The lowest BCUT2D eigenvalue weighted by molar-refractivity contribution is -0.133. The number of piperidine rings is 3. The molecule has 0 radical (unpaired) electrons. The summed E-state index contributed by atoms with van der Waals surface area (Å²) in [6.45, 7) is 5.40. The number of H-pyrrole nitrogens is 1. The van der Waals surface area contributed by atoms with Crippen LogP contribution >= 0.6 is 0 Å². The number of nitrogens with zero attached hydrogens (tertiary/aromatic N) is 6. The molecular weight excluding hydrogens is 795 g/mol. The third kappa shape index (κ3) is 8.44. The molecular formula is C42H46F2N10O5S. The van der Waals surface area contributed by atoms with E-state index in [0.29, 0.717) is 52.9 Å². The van der Waals surface area contributed by atoms with Crippen LogP contribution in [0.15, 0.2) is 67.3 Å². The standard InChI is InChI=1S/C42H46F2N10O5S/c1-3-52(2)60(58,59)51-34-9-8-33(43)37(38(34)44)39(56)32-24-46-40-31(32)20-27(21-45-40)28-22-47-42(48-23-28)54-18-14-30(15-19-54)53-16-12-26(13-17-53)25-4-6-29(7-5-25)49-35-10-11-36(55)50-41(35)57/h4-9,20-24,26,30,35,49,51H,3,10-19H2,1-2H3,(H,45,46)(H,50,55,57). The van der Waals surface area contributed by atoms with Crippen molar-refractivity contribution < 1.29 is 31.6 Å². The fourth-order valence-electron chi connectivity index (χ4n) is 8.26. The number of pyridine rings is 1. The van der Waals surface area contributed by atoms with Crippen molar-refractivity contribution in [2.24, 2.45) is 0 Å². The summed E-state index contributed by atoms with van der Waals surface area (Å²) in [5.74, 6) is -2.85. The monoisotopic (exact) mass is 840 g/mol. The minimum Gasteiger partial charge on any atom is -0.374 e. The van der Waals surface area contributed by atoms with Crippen molar-refractivity contribution in [2.75, 3.05) is 54.7 Å². The van der Waals surface area contributed by atoms with Gasteiger partial charge < -0.3 is 20.1 Å². The molecule has 3 aliphatic rings. The second kappa shape index (κ2) is 17.0. The topological polar surface area (TPSA) is 186 Å². The maximum atomic E-state index is 15.6. The summed E-state index contributed by atoms with van der Waals surface area (Å²) in [6, 6.07) is 11.9. The van der Waals surface area contributed by atoms with Gasteiger partial charge in [0.2, 0.25) is 23.5 Å². The minimum atomic E-state index is -4.14. The molecule has 3 aromatic heterocycles. The molecule has 18 heteroatoms. The maximum absolute atomic E-state index is 15.6. The fourth-order valence-corrected chi connectivity index (χ4v) is 9.19. The second-order valence-electron chi connectivity index (χ2n) is 15.5. The summed E-state index contributed by atoms with van der Waals surface area (Å²) in [6.07, 6.45) is 11.3. The van der Waals surface area contributed by atoms with Crippen molar-refractivity contribution in [1.82, 2.24) is 34.5 Å². The number of hydrogen-bond acceptors (Lipinski definition) is 11. The average molecular weight is 841 g/mol. The summed E-state index contributed by atoms with van der Waals surface area (Å²) in [4.78, 5) is 58.6. The zero-order valence-corrected chi connectivity index (χ0v) is 34.1. The zero-order chi connectivity index (χ0) is 42.1. The third-order valence-electron chi connectivity index (χ3n) is 11.9. The van der Waals surface area contributed by atoms with Crippen LogP contribution in [0.1, 0.15) is 72.9 Å². The Bertz CT molecular complexity index is 2520. The van der Waals surface area contributed by atoms with Gasteiger partial charge in [-0.1, -0.05) is 19.1 Å². The van der Waals surface area contributed by atoms with Gasteiger partial charge in [0.25, 0.3) is 0 Å². The summed E-state index contributed by atoms with van der Waals surface area (Å²) in [5.41, 5.74) is 2.24. The Hall–Kier alpha value is -5.85. The van der Waals surface area contributed by atoms with Crippen molar-refractivity contribution in [3.8, 4) is 11.1 Å². The first-order chi connectivity index (χ1) is 28.9. The number of nitrogens with one attached hydrogen (secondary N) is 4. The van der Waals surface area contributed by atoms with Crippen molar-refractivity contribution >= 4 is 56.2 Å². The Balaban J connectivity index is 0.863. The molecule has 314 valence electrons. The molecule has 8 rings (SSSR count). The Morgan fingerprint density at radius 3 is 2.30 bits per heavy atom. The van der Waals surface area contributed by atoms with Crippen LogP contribution in [0.25, 0.3) is 22.2 Å². The molecule has 15 nitrogen and oxygen atoms in total. The zero-order valence-electron chi connectivity index (χ0n) is 33.2. The number of carbonyl (C=O) groups excluding carboxylic acids is 3. The number of aromatic amines is 1. The molecule has 3 aliphatic heterocycles. The van der Waals surface area contributed by atoms with E-state index in [4.69, 9.17) is 0 Å². The first-order valence-corrected chi connectivity index (χ1v) is 21.6. The normalized spacial score (nSPS) is 18.6. The lowest BCUT2D eigenvalue weighted by Crippen LogP contribution is -2.47. The number of rotatable bonds is 12. The number of benzene rings is 2. The van der Waals surface area contributed by atoms with Crippen LogP contribution in [0.5, 0.6) is 0 Å². The third-order valence-corrected chi connectivity index (χ3v) is 13.5. The van der Waals surface area contributed by atoms with Crippen LogP contribution < -0.4 is 20.3 Å². The second-order valence-corrected chi connectivity index (χ2v) is 17.3. The highest BCUT2D eigenvalue weighted by Gasteiger charge is 2.31. The average Bonchev–Trinajstić information content (AvgIpc) is 3.69. The number of imide groups is 1. The van der Waals surface area contributed by atoms with Crippen LogP contribution in [0, 0.1) is 11.6 Å². The highest BCUT2D eigenvalue weighted by atomic mass is 32.2. The summed E-state index contributed by atoms with van der Waals surface area (Å²) in [7, 11) is -2.83. The van der Waals surface area contributed by atoms with E-state index in [1.54, 1.807) is 31.6 Å². The number of likely N-dealkylation sites (tertiary alicyclic amines) is 1. The smallest absolute Gasteiger partial charge is 0.301 e.